The third-order valence-corrected chi connectivity index (χ3v) is 5.06. The monoisotopic (exact) mass is 430 g/mol. The van der Waals surface area contributed by atoms with Gasteiger partial charge in [-0.05, 0) is 42.1 Å². The summed E-state index contributed by atoms with van der Waals surface area (Å²) < 4.78 is 0.0371. The molecule has 1 aliphatic rings. The van der Waals surface area contributed by atoms with Crippen LogP contribution in [0.15, 0.2) is 53.4 Å². The SMILES string of the molecule is O=C(NN1C(=O)/C(=C\c2ccc([N+](=O)[O-])cc2)SC1=S)c1ccccc1[N+](=O)[O-]. The average Bonchev–Trinajstić information content (AvgIpc) is 2.95. The molecule has 1 aliphatic heterocycles. The summed E-state index contributed by atoms with van der Waals surface area (Å²) in [5, 5.41) is 22.6. The molecular formula is C17H10N4O6S2. The number of rotatable bonds is 5. The van der Waals surface area contributed by atoms with Gasteiger partial charge in [-0.1, -0.05) is 23.9 Å². The van der Waals surface area contributed by atoms with E-state index in [1.165, 1.54) is 54.6 Å². The number of nitrogens with zero attached hydrogens (tertiary/aromatic N) is 3. The number of para-hydroxylation sites is 1. The molecule has 2 aromatic carbocycles. The van der Waals surface area contributed by atoms with E-state index in [-0.39, 0.29) is 20.5 Å². The second-order valence-corrected chi connectivity index (χ2v) is 7.26. The fourth-order valence-electron chi connectivity index (χ4n) is 2.39. The van der Waals surface area contributed by atoms with E-state index in [0.29, 0.717) is 5.56 Å². The van der Waals surface area contributed by atoms with E-state index < -0.39 is 27.3 Å². The van der Waals surface area contributed by atoms with Crippen LogP contribution in [0, 0.1) is 20.2 Å². The van der Waals surface area contributed by atoms with Gasteiger partial charge in [0.1, 0.15) is 5.56 Å². The van der Waals surface area contributed by atoms with Crippen LogP contribution < -0.4 is 5.43 Å². The molecule has 10 nitrogen and oxygen atoms in total. The summed E-state index contributed by atoms with van der Waals surface area (Å²) in [6.07, 6.45) is 1.47. The van der Waals surface area contributed by atoms with Gasteiger partial charge in [0.05, 0.1) is 14.8 Å². The fourth-order valence-corrected chi connectivity index (χ4v) is 3.57. The second-order valence-electron chi connectivity index (χ2n) is 5.58. The minimum atomic E-state index is -0.856. The standard InChI is InChI=1S/C17H10N4O6S2/c22-15(12-3-1-2-4-13(12)21(26)27)18-19-16(23)14(29-17(19)28)9-10-5-7-11(8-6-10)20(24)25/h1-9H,(H,18,22)/b14-9+. The van der Waals surface area contributed by atoms with E-state index in [4.69, 9.17) is 12.2 Å². The van der Waals surface area contributed by atoms with E-state index in [1.807, 2.05) is 0 Å². The van der Waals surface area contributed by atoms with Crippen molar-refractivity contribution < 1.29 is 19.4 Å². The largest absolute Gasteiger partial charge is 0.285 e. The molecule has 0 bridgehead atoms. The van der Waals surface area contributed by atoms with Gasteiger partial charge in [-0.3, -0.25) is 35.2 Å². The summed E-state index contributed by atoms with van der Waals surface area (Å²) in [5.74, 6) is -1.48. The lowest BCUT2D eigenvalue weighted by Gasteiger charge is -2.15. The van der Waals surface area contributed by atoms with E-state index in [0.717, 1.165) is 16.8 Å². The lowest BCUT2D eigenvalue weighted by Crippen LogP contribution is -2.45. The summed E-state index contributed by atoms with van der Waals surface area (Å²) in [6.45, 7) is 0. The first kappa shape index (κ1) is 20.1. The van der Waals surface area contributed by atoms with Crippen molar-refractivity contribution in [3.05, 3.63) is 84.8 Å². The van der Waals surface area contributed by atoms with E-state index in [9.17, 15) is 29.8 Å². The number of non-ortho nitro benzene ring substituents is 1. The van der Waals surface area contributed by atoms with Crippen molar-refractivity contribution in [1.82, 2.24) is 10.4 Å². The molecule has 0 aromatic heterocycles. The van der Waals surface area contributed by atoms with Crippen LogP contribution >= 0.6 is 24.0 Å². The van der Waals surface area contributed by atoms with Gasteiger partial charge in [-0.25, -0.2) is 0 Å². The van der Waals surface area contributed by atoms with Gasteiger partial charge in [-0.2, -0.15) is 5.01 Å². The zero-order valence-electron chi connectivity index (χ0n) is 14.3. The molecule has 0 spiro atoms. The van der Waals surface area contributed by atoms with E-state index >= 15 is 0 Å². The topological polar surface area (TPSA) is 136 Å². The van der Waals surface area contributed by atoms with E-state index in [1.54, 1.807) is 0 Å². The first-order valence-corrected chi connectivity index (χ1v) is 9.07. The minimum Gasteiger partial charge on any atom is -0.267 e. The number of nitrogens with one attached hydrogen (secondary N) is 1. The Kier molecular flexibility index (Phi) is 5.66. The van der Waals surface area contributed by atoms with Crippen molar-refractivity contribution in [3.63, 3.8) is 0 Å². The number of benzene rings is 2. The smallest absolute Gasteiger partial charge is 0.267 e. The van der Waals surface area contributed by atoms with Gasteiger partial charge in [0.2, 0.25) is 0 Å². The molecule has 3 rings (SSSR count). The Bertz CT molecular complexity index is 1080. The highest BCUT2D eigenvalue weighted by Crippen LogP contribution is 2.32. The Morgan fingerprint density at radius 2 is 1.72 bits per heavy atom. The number of amides is 2. The van der Waals surface area contributed by atoms with Crippen LogP contribution in [0.25, 0.3) is 6.08 Å². The molecule has 146 valence electrons. The molecule has 0 radical (unpaired) electrons. The van der Waals surface area contributed by atoms with Crippen molar-refractivity contribution >= 4 is 57.6 Å². The van der Waals surface area contributed by atoms with Gasteiger partial charge in [-0.15, -0.1) is 0 Å². The Labute approximate surface area is 172 Å². The van der Waals surface area contributed by atoms with Crippen LogP contribution in [0.3, 0.4) is 0 Å². The Hall–Kier alpha value is -3.64. The molecule has 0 unspecified atom stereocenters. The Morgan fingerprint density at radius 1 is 1.07 bits per heavy atom. The van der Waals surface area contributed by atoms with Crippen molar-refractivity contribution in [2.45, 2.75) is 0 Å². The number of hydrogen-bond donors (Lipinski definition) is 1. The third-order valence-electron chi connectivity index (χ3n) is 3.75. The summed E-state index contributed by atoms with van der Waals surface area (Å²) in [5.41, 5.74) is 2.09. The number of carbonyl (C=O) groups is 2. The van der Waals surface area contributed by atoms with Gasteiger partial charge in [0, 0.05) is 18.2 Å². The van der Waals surface area contributed by atoms with Crippen LogP contribution in [0.1, 0.15) is 15.9 Å². The summed E-state index contributed by atoms with van der Waals surface area (Å²) >= 11 is 6.03. The average molecular weight is 430 g/mol. The first-order chi connectivity index (χ1) is 13.8. The number of nitro groups is 2. The predicted octanol–water partition coefficient (Wildman–Crippen LogP) is 3.05. The summed E-state index contributed by atoms with van der Waals surface area (Å²) in [6, 6.07) is 10.8. The molecule has 2 amide bonds. The van der Waals surface area contributed by atoms with Gasteiger partial charge in [0.15, 0.2) is 4.32 Å². The zero-order valence-corrected chi connectivity index (χ0v) is 15.9. The summed E-state index contributed by atoms with van der Waals surface area (Å²) in [4.78, 5) is 45.7. The summed E-state index contributed by atoms with van der Waals surface area (Å²) in [7, 11) is 0. The molecule has 2 aromatic rings. The third kappa shape index (κ3) is 4.28. The van der Waals surface area contributed by atoms with Crippen LogP contribution in [0.5, 0.6) is 0 Å². The lowest BCUT2D eigenvalue weighted by molar-refractivity contribution is -0.385. The second kappa shape index (κ2) is 8.16. The van der Waals surface area contributed by atoms with Crippen molar-refractivity contribution in [2.24, 2.45) is 0 Å². The lowest BCUT2D eigenvalue weighted by atomic mass is 10.2. The fraction of sp³-hybridized carbons (Fsp3) is 0. The Morgan fingerprint density at radius 3 is 2.34 bits per heavy atom. The highest BCUT2D eigenvalue weighted by Gasteiger charge is 2.34. The molecule has 1 fully saturated rings. The molecule has 1 heterocycles. The molecule has 0 saturated carbocycles. The van der Waals surface area contributed by atoms with Crippen molar-refractivity contribution in [2.75, 3.05) is 0 Å². The predicted molar refractivity (Wildman–Crippen MR) is 109 cm³/mol. The minimum absolute atomic E-state index is 0.0371. The van der Waals surface area contributed by atoms with E-state index in [2.05, 4.69) is 5.43 Å². The molecule has 1 N–H and O–H groups in total. The zero-order chi connectivity index (χ0) is 21.1. The normalized spacial score (nSPS) is 14.9. The van der Waals surface area contributed by atoms with Gasteiger partial charge >= 0.3 is 0 Å². The molecule has 12 heteroatoms. The quantitative estimate of drug-likeness (QED) is 0.331. The van der Waals surface area contributed by atoms with Crippen molar-refractivity contribution in [1.29, 1.82) is 0 Å². The van der Waals surface area contributed by atoms with Crippen LogP contribution in [0.4, 0.5) is 11.4 Å². The molecule has 0 aliphatic carbocycles. The van der Waals surface area contributed by atoms with Crippen molar-refractivity contribution in [3.8, 4) is 0 Å². The molecule has 29 heavy (non-hydrogen) atoms. The molecular weight excluding hydrogens is 420 g/mol. The highest BCUT2D eigenvalue weighted by atomic mass is 32.2. The van der Waals surface area contributed by atoms with Crippen LogP contribution in [0.2, 0.25) is 0 Å². The van der Waals surface area contributed by atoms with Crippen LogP contribution in [-0.2, 0) is 4.79 Å². The number of carbonyl (C=O) groups excluding carboxylic acids is 2. The maximum absolute atomic E-state index is 12.6. The van der Waals surface area contributed by atoms with Gasteiger partial charge in [0.25, 0.3) is 23.2 Å². The van der Waals surface area contributed by atoms with Crippen LogP contribution in [-0.4, -0.2) is 31.0 Å². The number of thioether (sulfide) groups is 1. The maximum atomic E-state index is 12.6. The molecule has 1 saturated heterocycles. The number of thiocarbonyl (C=S) groups is 1. The Balaban J connectivity index is 1.80. The van der Waals surface area contributed by atoms with Gasteiger partial charge < -0.3 is 0 Å². The maximum Gasteiger partial charge on any atom is 0.285 e. The highest BCUT2D eigenvalue weighted by molar-refractivity contribution is 8.26. The first-order valence-electron chi connectivity index (χ1n) is 7.85. The number of hydrogen-bond acceptors (Lipinski definition) is 8. The number of nitro benzene ring substituents is 2. The molecule has 0 atom stereocenters. The number of hydrazine groups is 1.